The lowest BCUT2D eigenvalue weighted by Gasteiger charge is -2.34. The number of hydrogen-bond donors (Lipinski definition) is 1. The number of ether oxygens (including phenoxy) is 2. The molecular weight excluding hydrogens is 451 g/mol. The van der Waals surface area contributed by atoms with Gasteiger partial charge in [0.2, 0.25) is 17.7 Å². The smallest absolute Gasteiger partial charge is 0.239 e. The standard InChI is InChI=1S/C22H31FN4O5S/c1-13(2)19(24)22(28)27-9-7-15(8-10-27)31-20-14(3)21(26-12-25-20)32-18-6-5-16(11-17(18)23)33(4,29)30/h6,11-13,15-16,19H,5,7-10,24H2,1-4H3. The van der Waals surface area contributed by atoms with Crippen molar-refractivity contribution in [2.24, 2.45) is 11.7 Å². The Morgan fingerprint density at radius 3 is 2.45 bits per heavy atom. The molecule has 0 bridgehead atoms. The number of hydrogen-bond acceptors (Lipinski definition) is 8. The Kier molecular flexibility index (Phi) is 7.73. The van der Waals surface area contributed by atoms with Crippen molar-refractivity contribution in [3.8, 4) is 11.8 Å². The van der Waals surface area contributed by atoms with Gasteiger partial charge < -0.3 is 20.1 Å². The van der Waals surface area contributed by atoms with Crippen molar-refractivity contribution in [2.75, 3.05) is 19.3 Å². The molecule has 1 amide bonds. The van der Waals surface area contributed by atoms with E-state index in [2.05, 4.69) is 9.97 Å². The van der Waals surface area contributed by atoms with E-state index in [0.29, 0.717) is 37.4 Å². The number of carbonyl (C=O) groups is 1. The van der Waals surface area contributed by atoms with Crippen LogP contribution in [0, 0.1) is 12.8 Å². The van der Waals surface area contributed by atoms with Crippen molar-refractivity contribution in [3.63, 3.8) is 0 Å². The van der Waals surface area contributed by atoms with Crippen molar-refractivity contribution in [1.29, 1.82) is 0 Å². The quantitative estimate of drug-likeness (QED) is 0.626. The van der Waals surface area contributed by atoms with Crippen molar-refractivity contribution < 1.29 is 27.1 Å². The van der Waals surface area contributed by atoms with Gasteiger partial charge in [0.1, 0.15) is 12.4 Å². The minimum absolute atomic E-state index is 0.0497. The summed E-state index contributed by atoms with van der Waals surface area (Å²) in [6, 6.07) is -0.512. The molecule has 3 rings (SSSR count). The monoisotopic (exact) mass is 482 g/mol. The molecule has 0 aromatic carbocycles. The van der Waals surface area contributed by atoms with Gasteiger partial charge in [0.25, 0.3) is 0 Å². The molecule has 2 N–H and O–H groups in total. The topological polar surface area (TPSA) is 125 Å². The van der Waals surface area contributed by atoms with E-state index in [1.807, 2.05) is 13.8 Å². The molecule has 1 fully saturated rings. The van der Waals surface area contributed by atoms with Crippen LogP contribution in [0.15, 0.2) is 30.1 Å². The van der Waals surface area contributed by atoms with E-state index in [1.165, 1.54) is 12.4 Å². The van der Waals surface area contributed by atoms with E-state index in [4.69, 9.17) is 15.2 Å². The maximum atomic E-state index is 14.4. The van der Waals surface area contributed by atoms with Gasteiger partial charge in [-0.25, -0.2) is 22.8 Å². The summed E-state index contributed by atoms with van der Waals surface area (Å²) in [5.74, 6) is -0.373. The molecule has 2 atom stereocenters. The predicted octanol–water partition coefficient (Wildman–Crippen LogP) is 2.07. The molecular formula is C22H31FN4O5S. The Morgan fingerprint density at radius 1 is 1.24 bits per heavy atom. The zero-order valence-corrected chi connectivity index (χ0v) is 20.1. The third kappa shape index (κ3) is 6.08. The molecule has 11 heteroatoms. The van der Waals surface area contributed by atoms with Gasteiger partial charge in [-0.1, -0.05) is 13.8 Å². The first-order valence-corrected chi connectivity index (χ1v) is 12.9. The van der Waals surface area contributed by atoms with Gasteiger partial charge in [-0.15, -0.1) is 0 Å². The highest BCUT2D eigenvalue weighted by Gasteiger charge is 2.29. The van der Waals surface area contributed by atoms with E-state index < -0.39 is 27.0 Å². The summed E-state index contributed by atoms with van der Waals surface area (Å²) in [5.41, 5.74) is 6.48. The average molecular weight is 483 g/mol. The van der Waals surface area contributed by atoms with E-state index in [1.54, 1.807) is 11.8 Å². The first-order valence-electron chi connectivity index (χ1n) is 10.9. The molecule has 2 aliphatic rings. The van der Waals surface area contributed by atoms with Crippen molar-refractivity contribution in [1.82, 2.24) is 14.9 Å². The summed E-state index contributed by atoms with van der Waals surface area (Å²) < 4.78 is 49.4. The molecule has 0 saturated carbocycles. The molecule has 2 heterocycles. The molecule has 1 saturated heterocycles. The van der Waals surface area contributed by atoms with Gasteiger partial charge in [-0.3, -0.25) is 4.79 Å². The number of carbonyl (C=O) groups excluding carboxylic acids is 1. The van der Waals surface area contributed by atoms with Gasteiger partial charge in [-0.05, 0) is 31.4 Å². The average Bonchev–Trinajstić information content (AvgIpc) is 2.76. The minimum Gasteiger partial charge on any atom is -0.474 e. The molecule has 0 radical (unpaired) electrons. The lowest BCUT2D eigenvalue weighted by molar-refractivity contribution is -0.135. The molecule has 1 aliphatic heterocycles. The van der Waals surface area contributed by atoms with E-state index in [0.717, 1.165) is 12.3 Å². The van der Waals surface area contributed by atoms with Gasteiger partial charge in [-0.2, -0.15) is 0 Å². The minimum atomic E-state index is -3.40. The molecule has 1 aliphatic carbocycles. The van der Waals surface area contributed by atoms with E-state index >= 15 is 0 Å². The van der Waals surface area contributed by atoms with Crippen LogP contribution < -0.4 is 15.2 Å². The maximum Gasteiger partial charge on any atom is 0.239 e. The fourth-order valence-corrected chi connectivity index (χ4v) is 4.43. The first-order chi connectivity index (χ1) is 15.5. The fourth-order valence-electron chi connectivity index (χ4n) is 3.62. The third-order valence-electron chi connectivity index (χ3n) is 5.89. The number of allylic oxidation sites excluding steroid dienone is 2. The largest absolute Gasteiger partial charge is 0.474 e. The molecule has 2 unspecified atom stereocenters. The highest BCUT2D eigenvalue weighted by atomic mass is 32.2. The second kappa shape index (κ2) is 10.2. The Morgan fingerprint density at radius 2 is 1.88 bits per heavy atom. The van der Waals surface area contributed by atoms with E-state index in [-0.39, 0.29) is 36.0 Å². The number of piperidine rings is 1. The number of amides is 1. The summed E-state index contributed by atoms with van der Waals surface area (Å²) >= 11 is 0. The number of halogens is 1. The van der Waals surface area contributed by atoms with Crippen LogP contribution in [0.3, 0.4) is 0 Å². The molecule has 1 aromatic heterocycles. The van der Waals surface area contributed by atoms with Gasteiger partial charge >= 0.3 is 0 Å². The van der Waals surface area contributed by atoms with Crippen LogP contribution in [0.2, 0.25) is 0 Å². The third-order valence-corrected chi connectivity index (χ3v) is 7.32. The number of nitrogens with zero attached hydrogens (tertiary/aromatic N) is 3. The zero-order valence-electron chi connectivity index (χ0n) is 19.3. The summed E-state index contributed by atoms with van der Waals surface area (Å²) in [6.45, 7) is 6.63. The molecule has 182 valence electrons. The molecule has 9 nitrogen and oxygen atoms in total. The number of rotatable bonds is 7. The van der Waals surface area contributed by atoms with Crippen molar-refractivity contribution >= 4 is 15.7 Å². The Bertz CT molecular complexity index is 1050. The first kappa shape index (κ1) is 25.1. The lowest BCUT2D eigenvalue weighted by Crippen LogP contribution is -2.50. The fraction of sp³-hybridized carbons (Fsp3) is 0.591. The zero-order chi connectivity index (χ0) is 24.3. The van der Waals surface area contributed by atoms with Crippen LogP contribution in [-0.2, 0) is 14.6 Å². The highest BCUT2D eigenvalue weighted by molar-refractivity contribution is 7.91. The Balaban J connectivity index is 1.62. The number of nitrogens with two attached hydrogens (primary N) is 1. The molecule has 33 heavy (non-hydrogen) atoms. The summed E-state index contributed by atoms with van der Waals surface area (Å²) in [5, 5.41) is -0.914. The van der Waals surface area contributed by atoms with Gasteiger partial charge in [0, 0.05) is 32.2 Å². The lowest BCUT2D eigenvalue weighted by atomic mass is 10.0. The second-order valence-electron chi connectivity index (χ2n) is 8.81. The number of likely N-dealkylation sites (tertiary alicyclic amines) is 1. The van der Waals surface area contributed by atoms with Crippen LogP contribution in [0.5, 0.6) is 11.8 Å². The normalized spacial score (nSPS) is 20.8. The number of sulfone groups is 1. The van der Waals surface area contributed by atoms with Crippen LogP contribution in [0.4, 0.5) is 4.39 Å². The summed E-state index contributed by atoms with van der Waals surface area (Å²) in [6.07, 6.45) is 6.01. The Hall–Kier alpha value is -2.53. The van der Waals surface area contributed by atoms with Gasteiger partial charge in [0.15, 0.2) is 21.4 Å². The van der Waals surface area contributed by atoms with Gasteiger partial charge in [0.05, 0.1) is 16.9 Å². The highest BCUT2D eigenvalue weighted by Crippen LogP contribution is 2.30. The predicted molar refractivity (Wildman–Crippen MR) is 121 cm³/mol. The van der Waals surface area contributed by atoms with Crippen LogP contribution in [-0.4, -0.2) is 65.9 Å². The van der Waals surface area contributed by atoms with Crippen molar-refractivity contribution in [2.45, 2.75) is 57.4 Å². The Labute approximate surface area is 193 Å². The molecule has 1 aromatic rings. The van der Waals surface area contributed by atoms with Crippen LogP contribution >= 0.6 is 0 Å². The van der Waals surface area contributed by atoms with Crippen molar-refractivity contribution in [3.05, 3.63) is 35.6 Å². The SMILES string of the molecule is Cc1c(OC2=CCC(S(C)(=O)=O)C=C2F)ncnc1OC1CCN(C(=O)C(N)C(C)C)CC1. The summed E-state index contributed by atoms with van der Waals surface area (Å²) in [4.78, 5) is 22.4. The summed E-state index contributed by atoms with van der Waals surface area (Å²) in [7, 11) is -3.40. The van der Waals surface area contributed by atoms with Crippen LogP contribution in [0.1, 0.15) is 38.7 Å². The molecule has 0 spiro atoms. The van der Waals surface area contributed by atoms with E-state index in [9.17, 15) is 17.6 Å². The maximum absolute atomic E-state index is 14.4. The van der Waals surface area contributed by atoms with Crippen LogP contribution in [0.25, 0.3) is 0 Å². The second-order valence-corrected chi connectivity index (χ2v) is 11.1. The number of aromatic nitrogens is 2.